The molecular weight excluding hydrogens is 256 g/mol. The van der Waals surface area contributed by atoms with Crippen molar-refractivity contribution in [2.75, 3.05) is 32.4 Å². The van der Waals surface area contributed by atoms with Gasteiger partial charge in [0, 0.05) is 12.8 Å². The van der Waals surface area contributed by atoms with Gasteiger partial charge in [-0.25, -0.2) is 4.79 Å². The molecule has 0 bridgehead atoms. The predicted octanol–water partition coefficient (Wildman–Crippen LogP) is 2.94. The molecule has 0 spiro atoms. The zero-order chi connectivity index (χ0) is 14.8. The van der Waals surface area contributed by atoms with Crippen molar-refractivity contribution in [3.8, 4) is 0 Å². The number of ether oxygens (including phenoxy) is 2. The molecule has 0 fully saturated rings. The minimum atomic E-state index is -0.266. The van der Waals surface area contributed by atoms with Crippen LogP contribution in [0, 0.1) is 0 Å². The highest BCUT2D eigenvalue weighted by Crippen LogP contribution is 2.26. The Balaban J connectivity index is 2.45. The van der Waals surface area contributed by atoms with E-state index >= 15 is 0 Å². The standard InChI is InChI=1S/C15H24N2O3/c1-4-12(2)13-7-5-6-8-14(13)17-15(18)16-11-20-10-9-19-3/h5-8,12H,4,9-11H2,1-3H3,(H2,16,17,18). The zero-order valence-corrected chi connectivity index (χ0v) is 12.4. The molecule has 2 amide bonds. The van der Waals surface area contributed by atoms with Gasteiger partial charge < -0.3 is 20.1 Å². The average molecular weight is 280 g/mol. The predicted molar refractivity (Wildman–Crippen MR) is 80.0 cm³/mol. The van der Waals surface area contributed by atoms with Gasteiger partial charge in [0.1, 0.15) is 6.73 Å². The fourth-order valence-electron chi connectivity index (χ4n) is 1.76. The highest BCUT2D eigenvalue weighted by molar-refractivity contribution is 5.90. The molecule has 0 aromatic heterocycles. The second-order valence-corrected chi connectivity index (χ2v) is 4.57. The molecule has 0 heterocycles. The second kappa shape index (κ2) is 9.34. The summed E-state index contributed by atoms with van der Waals surface area (Å²) in [5.74, 6) is 0.407. The van der Waals surface area contributed by atoms with Gasteiger partial charge in [-0.1, -0.05) is 32.0 Å². The van der Waals surface area contributed by atoms with Crippen molar-refractivity contribution in [2.24, 2.45) is 0 Å². The second-order valence-electron chi connectivity index (χ2n) is 4.57. The summed E-state index contributed by atoms with van der Waals surface area (Å²) in [6, 6.07) is 7.58. The van der Waals surface area contributed by atoms with Gasteiger partial charge in [-0.3, -0.25) is 0 Å². The molecule has 1 rings (SSSR count). The van der Waals surface area contributed by atoms with Crippen LogP contribution in [0.15, 0.2) is 24.3 Å². The zero-order valence-electron chi connectivity index (χ0n) is 12.4. The third kappa shape index (κ3) is 5.59. The van der Waals surface area contributed by atoms with Crippen molar-refractivity contribution in [2.45, 2.75) is 26.2 Å². The van der Waals surface area contributed by atoms with Crippen molar-refractivity contribution in [1.29, 1.82) is 0 Å². The van der Waals surface area contributed by atoms with Crippen molar-refractivity contribution >= 4 is 11.7 Å². The van der Waals surface area contributed by atoms with E-state index in [9.17, 15) is 4.79 Å². The topological polar surface area (TPSA) is 59.6 Å². The van der Waals surface area contributed by atoms with Gasteiger partial charge in [-0.2, -0.15) is 0 Å². The molecule has 1 aromatic carbocycles. The maximum absolute atomic E-state index is 11.8. The van der Waals surface area contributed by atoms with E-state index in [2.05, 4.69) is 24.5 Å². The number of methoxy groups -OCH3 is 1. The minimum Gasteiger partial charge on any atom is -0.382 e. The van der Waals surface area contributed by atoms with Crippen LogP contribution in [0.4, 0.5) is 10.5 Å². The number of carbonyl (C=O) groups excluding carboxylic acids is 1. The molecule has 20 heavy (non-hydrogen) atoms. The highest BCUT2D eigenvalue weighted by atomic mass is 16.5. The molecule has 0 aliphatic heterocycles. The molecule has 1 unspecified atom stereocenters. The van der Waals surface area contributed by atoms with Crippen LogP contribution in [0.5, 0.6) is 0 Å². The van der Waals surface area contributed by atoms with Crippen LogP contribution in [0.3, 0.4) is 0 Å². The van der Waals surface area contributed by atoms with E-state index < -0.39 is 0 Å². The number of urea groups is 1. The lowest BCUT2D eigenvalue weighted by molar-refractivity contribution is 0.0650. The van der Waals surface area contributed by atoms with E-state index in [1.54, 1.807) is 7.11 Å². The Morgan fingerprint density at radius 2 is 2.05 bits per heavy atom. The molecule has 5 heteroatoms. The number of nitrogens with one attached hydrogen (secondary N) is 2. The van der Waals surface area contributed by atoms with Gasteiger partial charge in [0.15, 0.2) is 0 Å². The Hall–Kier alpha value is -1.59. The molecule has 0 aliphatic rings. The molecule has 112 valence electrons. The first-order chi connectivity index (χ1) is 9.69. The number of rotatable bonds is 8. The van der Waals surface area contributed by atoms with Crippen LogP contribution in [-0.2, 0) is 9.47 Å². The lowest BCUT2D eigenvalue weighted by Crippen LogP contribution is -2.31. The van der Waals surface area contributed by atoms with E-state index in [1.807, 2.05) is 24.3 Å². The molecule has 0 saturated heterocycles. The van der Waals surface area contributed by atoms with Gasteiger partial charge in [0.05, 0.1) is 13.2 Å². The van der Waals surface area contributed by atoms with E-state index in [-0.39, 0.29) is 12.8 Å². The number of anilines is 1. The maximum Gasteiger partial charge on any atom is 0.321 e. The first kappa shape index (κ1) is 16.5. The van der Waals surface area contributed by atoms with Crippen LogP contribution in [0.2, 0.25) is 0 Å². The Labute approximate surface area is 120 Å². The summed E-state index contributed by atoms with van der Waals surface area (Å²) >= 11 is 0. The first-order valence-electron chi connectivity index (χ1n) is 6.89. The summed E-state index contributed by atoms with van der Waals surface area (Å²) < 4.78 is 10.0. The van der Waals surface area contributed by atoms with E-state index in [1.165, 1.54) is 0 Å². The Morgan fingerprint density at radius 3 is 2.75 bits per heavy atom. The largest absolute Gasteiger partial charge is 0.382 e. The molecule has 1 atom stereocenters. The van der Waals surface area contributed by atoms with Crippen molar-refractivity contribution in [3.63, 3.8) is 0 Å². The average Bonchev–Trinajstić information content (AvgIpc) is 2.47. The highest BCUT2D eigenvalue weighted by Gasteiger charge is 2.10. The SMILES string of the molecule is CCC(C)c1ccccc1NC(=O)NCOCCOC. The Kier molecular flexibility index (Phi) is 7.69. The number of hydrogen-bond donors (Lipinski definition) is 2. The molecule has 1 aromatic rings. The number of para-hydroxylation sites is 1. The third-order valence-corrected chi connectivity index (χ3v) is 3.12. The van der Waals surface area contributed by atoms with Crippen molar-refractivity contribution in [1.82, 2.24) is 5.32 Å². The van der Waals surface area contributed by atoms with Crippen LogP contribution < -0.4 is 10.6 Å². The number of hydrogen-bond acceptors (Lipinski definition) is 3. The summed E-state index contributed by atoms with van der Waals surface area (Å²) in [6.07, 6.45) is 1.03. The van der Waals surface area contributed by atoms with Gasteiger partial charge >= 0.3 is 6.03 Å². The monoisotopic (exact) mass is 280 g/mol. The van der Waals surface area contributed by atoms with Crippen LogP contribution in [0.1, 0.15) is 31.7 Å². The Morgan fingerprint density at radius 1 is 1.30 bits per heavy atom. The van der Waals surface area contributed by atoms with Gasteiger partial charge in [-0.05, 0) is 24.0 Å². The number of amides is 2. The number of carbonyl (C=O) groups is 1. The van der Waals surface area contributed by atoms with Gasteiger partial charge in [0.2, 0.25) is 0 Å². The van der Waals surface area contributed by atoms with Crippen molar-refractivity contribution in [3.05, 3.63) is 29.8 Å². The summed E-state index contributed by atoms with van der Waals surface area (Å²) in [7, 11) is 1.61. The molecule has 0 radical (unpaired) electrons. The lowest BCUT2D eigenvalue weighted by atomic mass is 9.97. The normalized spacial score (nSPS) is 11.9. The van der Waals surface area contributed by atoms with Crippen molar-refractivity contribution < 1.29 is 14.3 Å². The van der Waals surface area contributed by atoms with E-state index in [0.717, 1.165) is 17.7 Å². The van der Waals surface area contributed by atoms with Gasteiger partial charge in [-0.15, -0.1) is 0 Å². The minimum absolute atomic E-state index is 0.167. The fraction of sp³-hybridized carbons (Fsp3) is 0.533. The molecule has 2 N–H and O–H groups in total. The molecule has 0 aliphatic carbocycles. The molecular formula is C15H24N2O3. The summed E-state index contributed by atoms with van der Waals surface area (Å²) in [4.78, 5) is 11.8. The number of benzene rings is 1. The Bertz CT molecular complexity index is 410. The lowest BCUT2D eigenvalue weighted by Gasteiger charge is -2.16. The molecule has 0 saturated carbocycles. The third-order valence-electron chi connectivity index (χ3n) is 3.12. The first-order valence-corrected chi connectivity index (χ1v) is 6.89. The molecule has 5 nitrogen and oxygen atoms in total. The maximum atomic E-state index is 11.8. The fourth-order valence-corrected chi connectivity index (χ4v) is 1.76. The van der Waals surface area contributed by atoms with Gasteiger partial charge in [0.25, 0.3) is 0 Å². The summed E-state index contributed by atoms with van der Waals surface area (Å²) in [5.41, 5.74) is 1.99. The van der Waals surface area contributed by atoms with E-state index in [0.29, 0.717) is 19.1 Å². The summed E-state index contributed by atoms with van der Waals surface area (Å²) in [6.45, 7) is 5.42. The van der Waals surface area contributed by atoms with E-state index in [4.69, 9.17) is 9.47 Å². The smallest absolute Gasteiger partial charge is 0.321 e. The summed E-state index contributed by atoms with van der Waals surface area (Å²) in [5, 5.41) is 5.50. The van der Waals surface area contributed by atoms with Crippen LogP contribution >= 0.6 is 0 Å². The van der Waals surface area contributed by atoms with Crippen LogP contribution in [0.25, 0.3) is 0 Å². The van der Waals surface area contributed by atoms with Crippen LogP contribution in [-0.4, -0.2) is 33.1 Å². The quantitative estimate of drug-likeness (QED) is 0.568.